The smallest absolute Gasteiger partial charge is 0.122 e. The number of halogens is 1. The first-order valence-corrected chi connectivity index (χ1v) is 13.4. The van der Waals surface area contributed by atoms with Gasteiger partial charge in [-0.15, -0.1) is 0 Å². The van der Waals surface area contributed by atoms with E-state index in [0.717, 1.165) is 34.5 Å². The molecule has 0 spiro atoms. The Morgan fingerprint density at radius 1 is 1.20 bits per heavy atom. The second-order valence-electron chi connectivity index (χ2n) is 7.47. The molecule has 0 saturated heterocycles. The highest BCUT2D eigenvalue weighted by Gasteiger charge is 2.12. The molecule has 3 rings (SSSR count). The largest absolute Gasteiger partial charge is 0.402 e. The van der Waals surface area contributed by atoms with Gasteiger partial charge < -0.3 is 10.5 Å². The minimum Gasteiger partial charge on any atom is -0.402 e. The first kappa shape index (κ1) is 30.7. The number of aliphatic imine (C=N–C) groups is 1. The molecular formula is C24H37ClN8S2. The predicted octanol–water partition coefficient (Wildman–Crippen LogP) is 4.27. The monoisotopic (exact) mass is 536 g/mol. The molecule has 0 aliphatic carbocycles. The van der Waals surface area contributed by atoms with Crippen LogP contribution in [0.3, 0.4) is 0 Å². The molecule has 0 amide bonds. The summed E-state index contributed by atoms with van der Waals surface area (Å²) in [5, 5.41) is 14.7. The van der Waals surface area contributed by atoms with Crippen molar-refractivity contribution in [3.63, 3.8) is 0 Å². The van der Waals surface area contributed by atoms with Gasteiger partial charge in [0.25, 0.3) is 0 Å². The van der Waals surface area contributed by atoms with Gasteiger partial charge in [0.2, 0.25) is 0 Å². The standard InChI is InChI=1S/C10H11ClN2.C8H20N6S2.C6H6/c1-13-7-6-10(12-13)8-2-4-9(11)5-3-8;1-7(2)14(10)8(5-9)16-13-6-12-3-4-15-11;1-2-4-6-5-3-1/h2-5H,6-7H2,1H3;5-7H,3-4,9-11H2,1-2H3,(H,12,13);1-6H/b;8-5+;. The first-order chi connectivity index (χ1) is 16.9. The number of hydrogen-bond donors (Lipinski definition) is 4. The average molecular weight is 537 g/mol. The SMILES string of the molecule is CC(C)N(N)/C(=C\N)SNC=NCCSN.CN1CCC(c2ccc(Cl)cc2)=N1.c1ccccc1. The quantitative estimate of drug-likeness (QED) is 0.0936. The van der Waals surface area contributed by atoms with E-state index in [4.69, 9.17) is 28.3 Å². The van der Waals surface area contributed by atoms with Crippen molar-refractivity contribution in [3.05, 3.63) is 82.5 Å². The fourth-order valence-electron chi connectivity index (χ4n) is 2.52. The third-order valence-electron chi connectivity index (χ3n) is 4.41. The summed E-state index contributed by atoms with van der Waals surface area (Å²) in [6, 6.07) is 20.0. The highest BCUT2D eigenvalue weighted by Crippen LogP contribution is 2.15. The molecule has 0 fully saturated rings. The topological polar surface area (TPSA) is 121 Å². The lowest BCUT2D eigenvalue weighted by Gasteiger charge is -2.24. The van der Waals surface area contributed by atoms with Crippen LogP contribution in [0.4, 0.5) is 0 Å². The maximum Gasteiger partial charge on any atom is 0.122 e. The van der Waals surface area contributed by atoms with Crippen molar-refractivity contribution in [2.45, 2.75) is 26.3 Å². The van der Waals surface area contributed by atoms with Gasteiger partial charge in [-0.2, -0.15) is 5.10 Å². The molecule has 7 N–H and O–H groups in total. The molecule has 2 aromatic carbocycles. The van der Waals surface area contributed by atoms with E-state index in [2.05, 4.69) is 14.8 Å². The van der Waals surface area contributed by atoms with E-state index in [1.165, 1.54) is 35.7 Å². The minimum absolute atomic E-state index is 0.190. The lowest BCUT2D eigenvalue weighted by molar-refractivity contribution is 0.314. The molecule has 0 bridgehead atoms. The molecule has 35 heavy (non-hydrogen) atoms. The van der Waals surface area contributed by atoms with Crippen molar-refractivity contribution in [2.75, 3.05) is 25.9 Å². The third kappa shape index (κ3) is 13.9. The van der Waals surface area contributed by atoms with Gasteiger partial charge in [0, 0.05) is 55.0 Å². The van der Waals surface area contributed by atoms with Crippen LogP contribution in [0.25, 0.3) is 0 Å². The summed E-state index contributed by atoms with van der Waals surface area (Å²) in [4.78, 5) is 4.09. The Morgan fingerprint density at radius 2 is 1.80 bits per heavy atom. The summed E-state index contributed by atoms with van der Waals surface area (Å²) in [5.74, 6) is 6.60. The second kappa shape index (κ2) is 18.9. The summed E-state index contributed by atoms with van der Waals surface area (Å²) in [6.45, 7) is 5.66. The van der Waals surface area contributed by atoms with Crippen molar-refractivity contribution in [3.8, 4) is 0 Å². The lowest BCUT2D eigenvalue weighted by atomic mass is 10.1. The first-order valence-electron chi connectivity index (χ1n) is 11.1. The Morgan fingerprint density at radius 3 is 2.26 bits per heavy atom. The van der Waals surface area contributed by atoms with Crippen LogP contribution in [-0.2, 0) is 0 Å². The van der Waals surface area contributed by atoms with Gasteiger partial charge in [0.15, 0.2) is 0 Å². The van der Waals surface area contributed by atoms with Crippen LogP contribution >= 0.6 is 35.5 Å². The van der Waals surface area contributed by atoms with Crippen molar-refractivity contribution in [1.29, 1.82) is 0 Å². The number of nitrogens with two attached hydrogens (primary N) is 3. The Balaban J connectivity index is 0.000000286. The number of rotatable bonds is 9. The highest BCUT2D eigenvalue weighted by atomic mass is 35.5. The molecular weight excluding hydrogens is 500 g/mol. The second-order valence-corrected chi connectivity index (χ2v) is 9.51. The third-order valence-corrected chi connectivity index (χ3v) is 5.86. The van der Waals surface area contributed by atoms with Gasteiger partial charge in [-0.3, -0.25) is 20.1 Å². The summed E-state index contributed by atoms with van der Waals surface area (Å²) in [6.07, 6.45) is 4.10. The number of hydrogen-bond acceptors (Lipinski definition) is 9. The fourth-order valence-corrected chi connectivity index (χ4v) is 3.49. The molecule has 8 nitrogen and oxygen atoms in total. The molecule has 192 valence electrons. The Bertz CT molecular complexity index is 865. The summed E-state index contributed by atoms with van der Waals surface area (Å²) < 4.78 is 2.94. The molecule has 2 aromatic rings. The zero-order chi connectivity index (χ0) is 25.9. The zero-order valence-electron chi connectivity index (χ0n) is 20.5. The molecule has 0 radical (unpaired) electrons. The maximum absolute atomic E-state index is 5.80. The van der Waals surface area contributed by atoms with E-state index in [9.17, 15) is 0 Å². The minimum atomic E-state index is 0.190. The van der Waals surface area contributed by atoms with Gasteiger partial charge in [-0.25, -0.2) is 5.84 Å². The van der Waals surface area contributed by atoms with Crippen molar-refractivity contribution in [2.24, 2.45) is 26.8 Å². The molecule has 1 aliphatic heterocycles. The van der Waals surface area contributed by atoms with Crippen molar-refractivity contribution >= 4 is 47.5 Å². The summed E-state index contributed by atoms with van der Waals surface area (Å²) in [5.41, 5.74) is 7.79. The van der Waals surface area contributed by atoms with Gasteiger partial charge in [-0.05, 0) is 31.5 Å². The van der Waals surface area contributed by atoms with E-state index in [0.29, 0.717) is 6.54 Å². The van der Waals surface area contributed by atoms with E-state index in [1.807, 2.05) is 86.6 Å². The number of nitrogens with zero attached hydrogens (tertiary/aromatic N) is 4. The number of nitrogens with one attached hydrogen (secondary N) is 1. The summed E-state index contributed by atoms with van der Waals surface area (Å²) in [7, 11) is 1.99. The predicted molar refractivity (Wildman–Crippen MR) is 156 cm³/mol. The van der Waals surface area contributed by atoms with E-state index < -0.39 is 0 Å². The molecule has 0 atom stereocenters. The molecule has 1 heterocycles. The van der Waals surface area contributed by atoms with Gasteiger partial charge in [-0.1, -0.05) is 72.1 Å². The van der Waals surface area contributed by atoms with Crippen LogP contribution < -0.4 is 21.4 Å². The molecule has 0 aromatic heterocycles. The maximum atomic E-state index is 5.80. The molecule has 11 heteroatoms. The highest BCUT2D eigenvalue weighted by molar-refractivity contribution is 8.01. The van der Waals surface area contributed by atoms with E-state index in [1.54, 1.807) is 11.3 Å². The van der Waals surface area contributed by atoms with Gasteiger partial charge in [0.05, 0.1) is 18.6 Å². The van der Waals surface area contributed by atoms with Crippen LogP contribution in [-0.4, -0.2) is 54.0 Å². The van der Waals surface area contributed by atoms with Crippen LogP contribution in [0.15, 0.2) is 82.0 Å². The van der Waals surface area contributed by atoms with E-state index >= 15 is 0 Å². The Labute approximate surface area is 223 Å². The van der Waals surface area contributed by atoms with Crippen LogP contribution in [0.1, 0.15) is 25.8 Å². The van der Waals surface area contributed by atoms with Crippen LogP contribution in [0.2, 0.25) is 5.02 Å². The van der Waals surface area contributed by atoms with Gasteiger partial charge in [0.1, 0.15) is 5.03 Å². The Kier molecular flexibility index (Phi) is 16.6. The van der Waals surface area contributed by atoms with Crippen LogP contribution in [0, 0.1) is 0 Å². The molecule has 1 aliphatic rings. The number of hydrazine groups is 1. The zero-order valence-corrected chi connectivity index (χ0v) is 22.9. The van der Waals surface area contributed by atoms with E-state index in [-0.39, 0.29) is 6.04 Å². The van der Waals surface area contributed by atoms with Crippen LogP contribution in [0.5, 0.6) is 0 Å². The molecule has 0 saturated carbocycles. The van der Waals surface area contributed by atoms with Crippen molar-refractivity contribution in [1.82, 2.24) is 14.7 Å². The van der Waals surface area contributed by atoms with Crippen molar-refractivity contribution < 1.29 is 0 Å². The fraction of sp³-hybridized carbons (Fsp3) is 0.333. The normalized spacial score (nSPS) is 13.1. The molecule has 0 unspecified atom stereocenters. The Hall–Kier alpha value is -2.37. The lowest BCUT2D eigenvalue weighted by Crippen LogP contribution is -2.36. The number of benzene rings is 2. The average Bonchev–Trinajstić information content (AvgIpc) is 3.32. The summed E-state index contributed by atoms with van der Waals surface area (Å²) >= 11 is 8.38. The van der Waals surface area contributed by atoms with Gasteiger partial charge >= 0.3 is 0 Å². The number of hydrazone groups is 1.